The topological polar surface area (TPSA) is 29.1 Å². The first-order valence-corrected chi connectivity index (χ1v) is 2.72. The van der Waals surface area contributed by atoms with Gasteiger partial charge in [-0.3, -0.25) is 4.79 Å². The largest absolute Gasteiger partial charge is 0.394 e. The van der Waals surface area contributed by atoms with Gasteiger partial charge in [0.05, 0.1) is 0 Å². The molecular formula is C7H11NO. The average Bonchev–Trinajstić information content (AvgIpc) is 1.82. The first kappa shape index (κ1) is 7.95. The molecule has 0 bridgehead atoms. The van der Waals surface area contributed by atoms with Crippen LogP contribution in [0.1, 0.15) is 6.92 Å². The van der Waals surface area contributed by atoms with E-state index in [1.165, 1.54) is 6.92 Å². The summed E-state index contributed by atoms with van der Waals surface area (Å²) in [7, 11) is 1.77. The molecule has 0 aliphatic carbocycles. The zero-order valence-electron chi connectivity index (χ0n) is 5.77. The van der Waals surface area contributed by atoms with E-state index in [-0.39, 0.29) is 5.78 Å². The fraction of sp³-hybridized carbons (Fsp3) is 0.286. The number of Topliss-reactive ketones (excluding diaryl/α,β-unsaturated/α-hetero) is 1. The Balaban J connectivity index is 3.77. The van der Waals surface area contributed by atoms with Gasteiger partial charge >= 0.3 is 0 Å². The summed E-state index contributed by atoms with van der Waals surface area (Å²) in [6, 6.07) is 0. The quantitative estimate of drug-likeness (QED) is 0.448. The minimum Gasteiger partial charge on any atom is -0.394 e. The molecule has 0 amide bonds. The zero-order chi connectivity index (χ0) is 7.28. The maximum Gasteiger partial charge on any atom is 0.159 e. The van der Waals surface area contributed by atoms with Crippen LogP contribution in [-0.4, -0.2) is 12.8 Å². The molecule has 0 aliphatic rings. The van der Waals surface area contributed by atoms with Crippen LogP contribution in [0.5, 0.6) is 0 Å². The molecule has 2 nitrogen and oxygen atoms in total. The highest BCUT2D eigenvalue weighted by Gasteiger charge is 1.91. The van der Waals surface area contributed by atoms with E-state index in [0.29, 0.717) is 5.57 Å². The van der Waals surface area contributed by atoms with Gasteiger partial charge in [0.1, 0.15) is 0 Å². The van der Waals surface area contributed by atoms with Crippen molar-refractivity contribution in [1.29, 1.82) is 0 Å². The summed E-state index contributed by atoms with van der Waals surface area (Å²) in [5.41, 5.74) is 0.518. The van der Waals surface area contributed by atoms with Crippen molar-refractivity contribution in [3.63, 3.8) is 0 Å². The Labute approximate surface area is 55.3 Å². The van der Waals surface area contributed by atoms with Crippen LogP contribution in [0.15, 0.2) is 24.4 Å². The van der Waals surface area contributed by atoms with Crippen LogP contribution in [-0.2, 0) is 4.79 Å². The minimum atomic E-state index is 0.00139. The van der Waals surface area contributed by atoms with Gasteiger partial charge in [-0.15, -0.1) is 0 Å². The molecule has 0 aliphatic heterocycles. The molecule has 0 aromatic rings. The number of allylic oxidation sites excluding steroid dienone is 2. The molecule has 0 saturated carbocycles. The van der Waals surface area contributed by atoms with E-state index in [9.17, 15) is 4.79 Å². The van der Waals surface area contributed by atoms with E-state index in [4.69, 9.17) is 0 Å². The highest BCUT2D eigenvalue weighted by molar-refractivity contribution is 5.95. The summed E-state index contributed by atoms with van der Waals surface area (Å²) in [6.45, 7) is 5.00. The molecule has 0 radical (unpaired) electrons. The van der Waals surface area contributed by atoms with Crippen LogP contribution in [0.3, 0.4) is 0 Å². The molecular weight excluding hydrogens is 114 g/mol. The van der Waals surface area contributed by atoms with Crippen molar-refractivity contribution < 1.29 is 4.79 Å². The lowest BCUT2D eigenvalue weighted by molar-refractivity contribution is -0.113. The summed E-state index contributed by atoms with van der Waals surface area (Å²) in [6.07, 6.45) is 3.31. The van der Waals surface area contributed by atoms with Crippen LogP contribution < -0.4 is 5.32 Å². The van der Waals surface area contributed by atoms with E-state index < -0.39 is 0 Å². The lowest BCUT2D eigenvalue weighted by Crippen LogP contribution is -1.95. The molecule has 0 saturated heterocycles. The summed E-state index contributed by atoms with van der Waals surface area (Å²) in [5, 5.41) is 2.76. The number of hydrogen-bond acceptors (Lipinski definition) is 2. The van der Waals surface area contributed by atoms with Gasteiger partial charge in [-0.05, 0) is 19.2 Å². The van der Waals surface area contributed by atoms with Crippen LogP contribution in [0.2, 0.25) is 0 Å². The first-order valence-electron chi connectivity index (χ1n) is 2.72. The lowest BCUT2D eigenvalue weighted by Gasteiger charge is -1.89. The monoisotopic (exact) mass is 125 g/mol. The fourth-order valence-electron chi connectivity index (χ4n) is 0.301. The van der Waals surface area contributed by atoms with Gasteiger partial charge in [0.2, 0.25) is 0 Å². The molecule has 0 aromatic heterocycles. The van der Waals surface area contributed by atoms with Crippen molar-refractivity contribution in [2.24, 2.45) is 0 Å². The second-order valence-electron chi connectivity index (χ2n) is 1.70. The molecule has 0 spiro atoms. The van der Waals surface area contributed by atoms with Gasteiger partial charge < -0.3 is 5.32 Å². The number of rotatable bonds is 3. The normalized spacial score (nSPS) is 9.56. The van der Waals surface area contributed by atoms with E-state index in [1.807, 2.05) is 0 Å². The van der Waals surface area contributed by atoms with Crippen molar-refractivity contribution in [2.75, 3.05) is 7.05 Å². The Morgan fingerprint density at radius 3 is 2.56 bits per heavy atom. The second kappa shape index (κ2) is 3.89. The third-order valence-electron chi connectivity index (χ3n) is 0.903. The maximum atomic E-state index is 10.5. The van der Waals surface area contributed by atoms with Crippen molar-refractivity contribution in [2.45, 2.75) is 6.92 Å². The molecule has 2 heteroatoms. The Morgan fingerprint density at radius 2 is 2.22 bits per heavy atom. The van der Waals surface area contributed by atoms with Gasteiger partial charge in [-0.1, -0.05) is 6.58 Å². The van der Waals surface area contributed by atoms with E-state index in [1.54, 1.807) is 19.3 Å². The molecule has 9 heavy (non-hydrogen) atoms. The number of carbonyl (C=O) groups excluding carboxylic acids is 1. The van der Waals surface area contributed by atoms with Gasteiger partial charge in [0, 0.05) is 12.6 Å². The summed E-state index contributed by atoms with van der Waals surface area (Å²) in [5.74, 6) is 0.00139. The predicted octanol–water partition coefficient (Wildman–Crippen LogP) is 0.865. The average molecular weight is 125 g/mol. The third kappa shape index (κ3) is 3.53. The number of hydrogen-bond donors (Lipinski definition) is 1. The van der Waals surface area contributed by atoms with E-state index >= 15 is 0 Å². The van der Waals surface area contributed by atoms with Crippen molar-refractivity contribution in [3.05, 3.63) is 24.4 Å². The molecule has 1 N–H and O–H groups in total. The third-order valence-corrected chi connectivity index (χ3v) is 0.903. The SMILES string of the molecule is C=C(/C=C\NC)C(C)=O. The molecule has 0 heterocycles. The molecule has 0 fully saturated rings. The van der Waals surface area contributed by atoms with E-state index in [2.05, 4.69) is 11.9 Å². The van der Waals surface area contributed by atoms with Gasteiger partial charge in [-0.2, -0.15) is 0 Å². The highest BCUT2D eigenvalue weighted by Crippen LogP contribution is 1.91. The summed E-state index contributed by atoms with van der Waals surface area (Å²) < 4.78 is 0. The van der Waals surface area contributed by atoms with Crippen molar-refractivity contribution >= 4 is 5.78 Å². The summed E-state index contributed by atoms with van der Waals surface area (Å²) in [4.78, 5) is 10.5. The zero-order valence-corrected chi connectivity index (χ0v) is 5.77. The Hall–Kier alpha value is -1.05. The molecule has 50 valence electrons. The Kier molecular flexibility index (Phi) is 3.44. The van der Waals surface area contributed by atoms with Crippen LogP contribution in [0.4, 0.5) is 0 Å². The van der Waals surface area contributed by atoms with E-state index in [0.717, 1.165) is 0 Å². The molecule has 0 atom stereocenters. The Bertz CT molecular complexity index is 147. The number of carbonyl (C=O) groups is 1. The highest BCUT2D eigenvalue weighted by atomic mass is 16.1. The smallest absolute Gasteiger partial charge is 0.159 e. The molecule has 0 aromatic carbocycles. The predicted molar refractivity (Wildman–Crippen MR) is 38.0 cm³/mol. The van der Waals surface area contributed by atoms with Gasteiger partial charge in [-0.25, -0.2) is 0 Å². The van der Waals surface area contributed by atoms with Crippen LogP contribution in [0, 0.1) is 0 Å². The number of nitrogens with one attached hydrogen (secondary N) is 1. The lowest BCUT2D eigenvalue weighted by atomic mass is 10.2. The second-order valence-corrected chi connectivity index (χ2v) is 1.70. The maximum absolute atomic E-state index is 10.5. The van der Waals surface area contributed by atoms with Gasteiger partial charge in [0.25, 0.3) is 0 Å². The van der Waals surface area contributed by atoms with Crippen LogP contribution in [0.25, 0.3) is 0 Å². The molecule has 0 unspecified atom stereocenters. The van der Waals surface area contributed by atoms with Crippen molar-refractivity contribution in [1.82, 2.24) is 5.32 Å². The van der Waals surface area contributed by atoms with Crippen LogP contribution >= 0.6 is 0 Å². The summed E-state index contributed by atoms with van der Waals surface area (Å²) >= 11 is 0. The Morgan fingerprint density at radius 1 is 1.67 bits per heavy atom. The fourth-order valence-corrected chi connectivity index (χ4v) is 0.301. The molecule has 0 rings (SSSR count). The first-order chi connectivity index (χ1) is 4.18. The van der Waals surface area contributed by atoms with Gasteiger partial charge in [0.15, 0.2) is 5.78 Å². The number of ketones is 1. The van der Waals surface area contributed by atoms with Crippen molar-refractivity contribution in [3.8, 4) is 0 Å². The minimum absolute atomic E-state index is 0.00139. The standard InChI is InChI=1S/C7H11NO/c1-6(7(2)9)4-5-8-3/h4-5,8H,1H2,2-3H3/b5-4-.